The highest BCUT2D eigenvalue weighted by Gasteiger charge is 2.24. The van der Waals surface area contributed by atoms with Crippen LogP contribution in [0.3, 0.4) is 0 Å². The molecule has 6 heteroatoms. The summed E-state index contributed by atoms with van der Waals surface area (Å²) in [6.45, 7) is 6.76. The Morgan fingerprint density at radius 3 is 2.37 bits per heavy atom. The summed E-state index contributed by atoms with van der Waals surface area (Å²) in [5.74, 6) is 1.55. The summed E-state index contributed by atoms with van der Waals surface area (Å²) in [7, 11) is 1.62. The molecule has 0 N–H and O–H groups in total. The van der Waals surface area contributed by atoms with E-state index in [4.69, 9.17) is 9.47 Å². The molecule has 1 aliphatic heterocycles. The molecule has 0 atom stereocenters. The zero-order valence-corrected chi connectivity index (χ0v) is 18.0. The van der Waals surface area contributed by atoms with Crippen LogP contribution in [0.1, 0.15) is 34.8 Å². The molecule has 160 valence electrons. The molecule has 0 aliphatic carbocycles. The standard InChI is InChI=1S/C24H30N2O4/c1-4-30-21-10-8-19(17-22(21)29-3)9-11-23(27)25-12-14-26(15-13-25)24(28)20-7-5-6-18(2)16-20/h5-8,10,16-17H,4,9,11-15H2,1-3H3. The van der Waals surface area contributed by atoms with Gasteiger partial charge in [0, 0.05) is 38.2 Å². The lowest BCUT2D eigenvalue weighted by Gasteiger charge is -2.35. The number of benzene rings is 2. The molecule has 2 aromatic carbocycles. The van der Waals surface area contributed by atoms with E-state index in [9.17, 15) is 9.59 Å². The van der Waals surface area contributed by atoms with E-state index < -0.39 is 0 Å². The van der Waals surface area contributed by atoms with Crippen molar-refractivity contribution >= 4 is 11.8 Å². The van der Waals surface area contributed by atoms with Crippen molar-refractivity contribution < 1.29 is 19.1 Å². The van der Waals surface area contributed by atoms with Gasteiger partial charge in [-0.1, -0.05) is 23.8 Å². The lowest BCUT2D eigenvalue weighted by Crippen LogP contribution is -2.50. The molecule has 0 saturated carbocycles. The Balaban J connectivity index is 1.50. The minimum Gasteiger partial charge on any atom is -0.493 e. The van der Waals surface area contributed by atoms with Gasteiger partial charge in [-0.25, -0.2) is 0 Å². The molecule has 1 saturated heterocycles. The highest BCUT2D eigenvalue weighted by molar-refractivity contribution is 5.94. The summed E-state index contributed by atoms with van der Waals surface area (Å²) in [5.41, 5.74) is 2.82. The van der Waals surface area contributed by atoms with Gasteiger partial charge >= 0.3 is 0 Å². The summed E-state index contributed by atoms with van der Waals surface area (Å²) in [6, 6.07) is 13.4. The molecule has 1 heterocycles. The third-order valence-corrected chi connectivity index (χ3v) is 5.34. The van der Waals surface area contributed by atoms with Crippen molar-refractivity contribution in [3.63, 3.8) is 0 Å². The normalized spacial score (nSPS) is 13.8. The second-order valence-corrected chi connectivity index (χ2v) is 7.46. The van der Waals surface area contributed by atoms with Crippen molar-refractivity contribution in [2.24, 2.45) is 0 Å². The minimum absolute atomic E-state index is 0.0345. The number of hydrogen-bond donors (Lipinski definition) is 0. The number of methoxy groups -OCH3 is 1. The van der Waals surface area contributed by atoms with Crippen LogP contribution in [0.15, 0.2) is 42.5 Å². The van der Waals surface area contributed by atoms with Gasteiger partial charge < -0.3 is 19.3 Å². The van der Waals surface area contributed by atoms with Crippen molar-refractivity contribution in [2.45, 2.75) is 26.7 Å². The summed E-state index contributed by atoms with van der Waals surface area (Å²) in [4.78, 5) is 29.0. The van der Waals surface area contributed by atoms with Gasteiger partial charge in [-0.2, -0.15) is 0 Å². The SMILES string of the molecule is CCOc1ccc(CCC(=O)N2CCN(C(=O)c3cccc(C)c3)CC2)cc1OC. The van der Waals surface area contributed by atoms with Gasteiger partial charge in [0.2, 0.25) is 5.91 Å². The van der Waals surface area contributed by atoms with Crippen molar-refractivity contribution in [1.82, 2.24) is 9.80 Å². The van der Waals surface area contributed by atoms with Crippen molar-refractivity contribution in [3.8, 4) is 11.5 Å². The third kappa shape index (κ3) is 5.32. The predicted octanol–water partition coefficient (Wildman–Crippen LogP) is 3.32. The Labute approximate surface area is 178 Å². The highest BCUT2D eigenvalue weighted by atomic mass is 16.5. The molecule has 0 bridgehead atoms. The number of rotatable bonds is 7. The fourth-order valence-electron chi connectivity index (χ4n) is 3.67. The maximum Gasteiger partial charge on any atom is 0.253 e. The maximum atomic E-state index is 12.7. The second-order valence-electron chi connectivity index (χ2n) is 7.46. The van der Waals surface area contributed by atoms with Crippen LogP contribution in [0.25, 0.3) is 0 Å². The van der Waals surface area contributed by atoms with Gasteiger partial charge in [0.25, 0.3) is 5.91 Å². The van der Waals surface area contributed by atoms with Crippen LogP contribution in [-0.4, -0.2) is 61.5 Å². The van der Waals surface area contributed by atoms with Crippen LogP contribution < -0.4 is 9.47 Å². The van der Waals surface area contributed by atoms with E-state index in [1.807, 2.05) is 66.1 Å². The fourth-order valence-corrected chi connectivity index (χ4v) is 3.67. The number of nitrogens with zero attached hydrogens (tertiary/aromatic N) is 2. The van der Waals surface area contributed by atoms with Gasteiger partial charge in [-0.15, -0.1) is 0 Å². The van der Waals surface area contributed by atoms with E-state index in [-0.39, 0.29) is 11.8 Å². The van der Waals surface area contributed by atoms with Crippen molar-refractivity contribution in [3.05, 3.63) is 59.2 Å². The molecule has 0 radical (unpaired) electrons. The van der Waals surface area contributed by atoms with Crippen molar-refractivity contribution in [1.29, 1.82) is 0 Å². The number of ether oxygens (including phenoxy) is 2. The number of aryl methyl sites for hydroxylation is 2. The summed E-state index contributed by atoms with van der Waals surface area (Å²) >= 11 is 0. The van der Waals surface area contributed by atoms with E-state index in [0.717, 1.165) is 11.1 Å². The molecule has 1 fully saturated rings. The fraction of sp³-hybridized carbons (Fsp3) is 0.417. The number of amides is 2. The lowest BCUT2D eigenvalue weighted by molar-refractivity contribution is -0.132. The van der Waals surface area contributed by atoms with Gasteiger partial charge in [-0.05, 0) is 50.1 Å². The van der Waals surface area contributed by atoms with Crippen molar-refractivity contribution in [2.75, 3.05) is 39.9 Å². The molecule has 2 amide bonds. The maximum absolute atomic E-state index is 12.7. The largest absolute Gasteiger partial charge is 0.493 e. The molecule has 3 rings (SSSR count). The first kappa shape index (κ1) is 21.7. The molecule has 0 unspecified atom stereocenters. The average Bonchev–Trinajstić information content (AvgIpc) is 2.78. The van der Waals surface area contributed by atoms with Gasteiger partial charge in [0.05, 0.1) is 13.7 Å². The zero-order chi connectivity index (χ0) is 21.5. The molecule has 0 spiro atoms. The number of carbonyl (C=O) groups is 2. The van der Waals surface area contributed by atoms with Crippen LogP contribution in [0.5, 0.6) is 11.5 Å². The Hall–Kier alpha value is -3.02. The first-order valence-electron chi connectivity index (χ1n) is 10.4. The molecule has 0 aromatic heterocycles. The topological polar surface area (TPSA) is 59.1 Å². The van der Waals surface area contributed by atoms with Gasteiger partial charge in [-0.3, -0.25) is 9.59 Å². The number of piperazine rings is 1. The molecule has 2 aromatic rings. The van der Waals surface area contributed by atoms with E-state index >= 15 is 0 Å². The van der Waals surface area contributed by atoms with Gasteiger partial charge in [0.1, 0.15) is 0 Å². The van der Waals surface area contributed by atoms with Crippen LogP contribution in [0.4, 0.5) is 0 Å². The predicted molar refractivity (Wildman–Crippen MR) is 116 cm³/mol. The quantitative estimate of drug-likeness (QED) is 0.703. The molecular formula is C24H30N2O4. The third-order valence-electron chi connectivity index (χ3n) is 5.34. The van der Waals surface area contributed by atoms with Crippen LogP contribution in [0, 0.1) is 6.92 Å². The van der Waals surface area contributed by atoms with E-state index in [0.29, 0.717) is 62.7 Å². The highest BCUT2D eigenvalue weighted by Crippen LogP contribution is 2.28. The summed E-state index contributed by atoms with van der Waals surface area (Å²) in [6.07, 6.45) is 1.08. The lowest BCUT2D eigenvalue weighted by atomic mass is 10.1. The van der Waals surface area contributed by atoms with E-state index in [1.165, 1.54) is 0 Å². The first-order chi connectivity index (χ1) is 14.5. The molecule has 30 heavy (non-hydrogen) atoms. The monoisotopic (exact) mass is 410 g/mol. The van der Waals surface area contributed by atoms with Crippen LogP contribution in [-0.2, 0) is 11.2 Å². The Bertz CT molecular complexity index is 889. The van der Waals surface area contributed by atoms with E-state index in [2.05, 4.69) is 0 Å². The second kappa shape index (κ2) is 10.1. The Morgan fingerprint density at radius 2 is 1.70 bits per heavy atom. The minimum atomic E-state index is 0.0345. The summed E-state index contributed by atoms with van der Waals surface area (Å²) < 4.78 is 10.9. The average molecular weight is 411 g/mol. The Morgan fingerprint density at radius 1 is 0.967 bits per heavy atom. The molecule has 1 aliphatic rings. The number of hydrogen-bond acceptors (Lipinski definition) is 4. The van der Waals surface area contributed by atoms with Gasteiger partial charge in [0.15, 0.2) is 11.5 Å². The van der Waals surface area contributed by atoms with E-state index in [1.54, 1.807) is 7.11 Å². The number of carbonyl (C=O) groups excluding carboxylic acids is 2. The molecule has 6 nitrogen and oxygen atoms in total. The molecular weight excluding hydrogens is 380 g/mol. The first-order valence-corrected chi connectivity index (χ1v) is 10.4. The van der Waals surface area contributed by atoms with Crippen LogP contribution >= 0.6 is 0 Å². The Kier molecular flexibility index (Phi) is 7.33. The summed E-state index contributed by atoms with van der Waals surface area (Å²) in [5, 5.41) is 0. The smallest absolute Gasteiger partial charge is 0.253 e. The van der Waals surface area contributed by atoms with Crippen LogP contribution in [0.2, 0.25) is 0 Å². The zero-order valence-electron chi connectivity index (χ0n) is 18.0.